The fraction of sp³-hybridized carbons (Fsp3) is 0.444. The van der Waals surface area contributed by atoms with Crippen LogP contribution in [0.2, 0.25) is 0 Å². The van der Waals surface area contributed by atoms with Crippen LogP contribution in [-0.4, -0.2) is 52.7 Å². The summed E-state index contributed by atoms with van der Waals surface area (Å²) in [6.45, 7) is 9.11. The molecule has 8 heteroatoms. The van der Waals surface area contributed by atoms with E-state index in [9.17, 15) is 14.7 Å². The van der Waals surface area contributed by atoms with E-state index in [0.29, 0.717) is 19.5 Å². The first kappa shape index (κ1) is 31.9. The first-order valence-corrected chi connectivity index (χ1v) is 15.5. The Kier molecular flexibility index (Phi) is 10.2. The van der Waals surface area contributed by atoms with E-state index >= 15 is 0 Å². The van der Waals surface area contributed by atoms with Gasteiger partial charge in [-0.15, -0.1) is 0 Å². The van der Waals surface area contributed by atoms with Crippen molar-refractivity contribution in [2.24, 2.45) is 0 Å². The van der Waals surface area contributed by atoms with Gasteiger partial charge in [0.25, 0.3) is 0 Å². The van der Waals surface area contributed by atoms with Crippen molar-refractivity contribution >= 4 is 11.9 Å². The first-order chi connectivity index (χ1) is 21.1. The van der Waals surface area contributed by atoms with Crippen LogP contribution in [0.15, 0.2) is 72.8 Å². The summed E-state index contributed by atoms with van der Waals surface area (Å²) in [6.07, 6.45) is 1.41. The minimum absolute atomic E-state index is 0.0102. The molecule has 0 unspecified atom stereocenters. The van der Waals surface area contributed by atoms with Gasteiger partial charge in [0.2, 0.25) is 5.91 Å². The second kappa shape index (κ2) is 14.0. The number of amides is 1. The van der Waals surface area contributed by atoms with E-state index in [2.05, 4.69) is 34.5 Å². The number of benzene rings is 3. The Bertz CT molecular complexity index is 1420. The molecule has 3 aromatic carbocycles. The van der Waals surface area contributed by atoms with Crippen LogP contribution in [0.1, 0.15) is 81.6 Å². The second-order valence-electron chi connectivity index (χ2n) is 12.8. The third-order valence-corrected chi connectivity index (χ3v) is 8.08. The number of aliphatic hydroxyl groups is 1. The lowest BCUT2D eigenvalue weighted by Gasteiger charge is -2.38. The van der Waals surface area contributed by atoms with Crippen LogP contribution in [0.3, 0.4) is 0 Å². The zero-order valence-corrected chi connectivity index (χ0v) is 26.1. The Labute approximate surface area is 260 Å². The van der Waals surface area contributed by atoms with Crippen molar-refractivity contribution in [3.63, 3.8) is 0 Å². The lowest BCUT2D eigenvalue weighted by molar-refractivity contribution is -0.253. The van der Waals surface area contributed by atoms with E-state index in [1.54, 1.807) is 0 Å². The highest BCUT2D eigenvalue weighted by Gasteiger charge is 2.38. The van der Waals surface area contributed by atoms with Gasteiger partial charge in [-0.3, -0.25) is 14.5 Å². The largest absolute Gasteiger partial charge is 0.459 e. The molecule has 234 valence electrons. The van der Waals surface area contributed by atoms with Crippen LogP contribution >= 0.6 is 0 Å². The number of ether oxygens (including phenoxy) is 3. The summed E-state index contributed by atoms with van der Waals surface area (Å²) >= 11 is 0. The van der Waals surface area contributed by atoms with Crippen molar-refractivity contribution in [2.45, 2.75) is 90.2 Å². The summed E-state index contributed by atoms with van der Waals surface area (Å²) in [7, 11) is 0. The van der Waals surface area contributed by atoms with Crippen LogP contribution in [-0.2, 0) is 37.0 Å². The van der Waals surface area contributed by atoms with Crippen molar-refractivity contribution < 1.29 is 28.9 Å². The minimum Gasteiger partial charge on any atom is -0.459 e. The minimum atomic E-state index is -0.584. The van der Waals surface area contributed by atoms with Gasteiger partial charge in [0, 0.05) is 32.0 Å². The fourth-order valence-corrected chi connectivity index (χ4v) is 5.90. The van der Waals surface area contributed by atoms with Crippen LogP contribution in [0.4, 0.5) is 0 Å². The third-order valence-electron chi connectivity index (χ3n) is 8.08. The molecule has 0 saturated carbocycles. The summed E-state index contributed by atoms with van der Waals surface area (Å²) in [5, 5.41) is 12.4. The highest BCUT2D eigenvalue weighted by Crippen LogP contribution is 2.39. The predicted molar refractivity (Wildman–Crippen MR) is 168 cm³/mol. The van der Waals surface area contributed by atoms with Crippen molar-refractivity contribution in [1.29, 1.82) is 0 Å². The zero-order valence-electron chi connectivity index (χ0n) is 26.1. The molecule has 2 aliphatic rings. The quantitative estimate of drug-likeness (QED) is 0.298. The maximum atomic E-state index is 13.0. The van der Waals surface area contributed by atoms with Gasteiger partial charge in [0.1, 0.15) is 11.6 Å². The average Bonchev–Trinajstić information content (AvgIpc) is 3.47. The molecule has 0 spiro atoms. The van der Waals surface area contributed by atoms with E-state index in [-0.39, 0.29) is 36.7 Å². The van der Waals surface area contributed by atoms with Crippen molar-refractivity contribution in [3.05, 3.63) is 95.1 Å². The number of aliphatic hydroxyl groups excluding tert-OH is 1. The standard InChI is InChI=1S/C36H44N2O6/c1-24(40)37-21-26-7-5-8-30(19-26)27-14-16-29(17-15-27)35-42-31(20-33(43-35)28-12-10-25(23-39)11-13-28)22-38-18-6-9-32(38)34(41)44-36(2,3)4/h5,7-8,10-17,19,31-33,35,39H,6,9,18,20-23H2,1-4H3,(H,37,40)/t31-,32+,33+,35+/m1/s1. The molecule has 2 aliphatic heterocycles. The summed E-state index contributed by atoms with van der Waals surface area (Å²) in [4.78, 5) is 26.6. The fourth-order valence-electron chi connectivity index (χ4n) is 5.90. The van der Waals surface area contributed by atoms with Crippen molar-refractivity contribution in [2.75, 3.05) is 13.1 Å². The molecule has 2 N–H and O–H groups in total. The topological polar surface area (TPSA) is 97.3 Å². The van der Waals surface area contributed by atoms with E-state index < -0.39 is 11.9 Å². The number of nitrogens with zero attached hydrogens (tertiary/aromatic N) is 1. The van der Waals surface area contributed by atoms with Crippen LogP contribution in [0, 0.1) is 0 Å². The van der Waals surface area contributed by atoms with Gasteiger partial charge in [-0.25, -0.2) is 0 Å². The monoisotopic (exact) mass is 600 g/mol. The Morgan fingerprint density at radius 3 is 2.36 bits per heavy atom. The van der Waals surface area contributed by atoms with Crippen LogP contribution < -0.4 is 5.32 Å². The molecule has 5 rings (SSSR count). The molecule has 0 bridgehead atoms. The number of likely N-dealkylation sites (tertiary alicyclic amines) is 1. The molecule has 0 aliphatic carbocycles. The molecule has 0 aromatic heterocycles. The number of hydrogen-bond donors (Lipinski definition) is 2. The SMILES string of the molecule is CC(=O)NCc1cccc(-c2ccc([C@H]3O[C@@H](CN4CCC[C@H]4C(=O)OC(C)(C)C)C[C@@H](c4ccc(CO)cc4)O3)cc2)c1. The van der Waals surface area contributed by atoms with Crippen LogP contribution in [0.5, 0.6) is 0 Å². The summed E-state index contributed by atoms with van der Waals surface area (Å²) in [5.74, 6) is -0.232. The summed E-state index contributed by atoms with van der Waals surface area (Å²) in [5.41, 5.74) is 5.41. The number of rotatable bonds is 9. The maximum absolute atomic E-state index is 13.0. The summed E-state index contributed by atoms with van der Waals surface area (Å²) < 4.78 is 18.9. The van der Waals surface area contributed by atoms with Gasteiger partial charge in [-0.1, -0.05) is 66.7 Å². The molecule has 4 atom stereocenters. The molecule has 2 saturated heterocycles. The highest BCUT2D eigenvalue weighted by molar-refractivity contribution is 5.76. The lowest BCUT2D eigenvalue weighted by atomic mass is 9.98. The Morgan fingerprint density at radius 1 is 0.955 bits per heavy atom. The molecule has 8 nitrogen and oxygen atoms in total. The number of hydrogen-bond acceptors (Lipinski definition) is 7. The maximum Gasteiger partial charge on any atom is 0.323 e. The molecule has 44 heavy (non-hydrogen) atoms. The molecular weight excluding hydrogens is 556 g/mol. The van der Waals surface area contributed by atoms with Gasteiger partial charge in [-0.05, 0) is 74.0 Å². The van der Waals surface area contributed by atoms with Gasteiger partial charge in [-0.2, -0.15) is 0 Å². The molecule has 0 radical (unpaired) electrons. The number of carbonyl (C=O) groups is 2. The van der Waals surface area contributed by atoms with Crippen molar-refractivity contribution in [3.8, 4) is 11.1 Å². The normalized spacial score (nSPS) is 22.5. The third kappa shape index (κ3) is 8.33. The lowest BCUT2D eigenvalue weighted by Crippen LogP contribution is -2.45. The number of carbonyl (C=O) groups excluding carboxylic acids is 2. The molecule has 3 aromatic rings. The Balaban J connectivity index is 1.34. The van der Waals surface area contributed by atoms with E-state index in [0.717, 1.165) is 52.8 Å². The van der Waals surface area contributed by atoms with Crippen molar-refractivity contribution in [1.82, 2.24) is 10.2 Å². The number of nitrogens with one attached hydrogen (secondary N) is 1. The van der Waals surface area contributed by atoms with Crippen LogP contribution in [0.25, 0.3) is 11.1 Å². The number of esters is 1. The Hall–Kier alpha value is -3.56. The zero-order chi connectivity index (χ0) is 31.3. The molecular formula is C36H44N2O6. The highest BCUT2D eigenvalue weighted by atomic mass is 16.7. The first-order valence-electron chi connectivity index (χ1n) is 15.5. The van der Waals surface area contributed by atoms with Gasteiger partial charge < -0.3 is 24.6 Å². The van der Waals surface area contributed by atoms with E-state index in [4.69, 9.17) is 14.2 Å². The van der Waals surface area contributed by atoms with E-state index in [1.165, 1.54) is 6.92 Å². The van der Waals surface area contributed by atoms with Gasteiger partial charge >= 0.3 is 5.97 Å². The van der Waals surface area contributed by atoms with Gasteiger partial charge in [0.15, 0.2) is 6.29 Å². The summed E-state index contributed by atoms with van der Waals surface area (Å²) in [6, 6.07) is 23.9. The average molecular weight is 601 g/mol. The molecule has 2 fully saturated rings. The Morgan fingerprint density at radius 2 is 1.68 bits per heavy atom. The van der Waals surface area contributed by atoms with E-state index in [1.807, 2.05) is 69.3 Å². The second-order valence-corrected chi connectivity index (χ2v) is 12.8. The van der Waals surface area contributed by atoms with Gasteiger partial charge in [0.05, 0.1) is 18.8 Å². The molecule has 1 amide bonds. The predicted octanol–water partition coefficient (Wildman–Crippen LogP) is 5.83. The molecule has 2 heterocycles. The smallest absolute Gasteiger partial charge is 0.323 e.